The fourth-order valence-corrected chi connectivity index (χ4v) is 3.58. The molecular formula is C12H15N3O2S. The van der Waals surface area contributed by atoms with Crippen LogP contribution in [0.25, 0.3) is 10.9 Å². The summed E-state index contributed by atoms with van der Waals surface area (Å²) < 4.78 is 27.3. The highest BCUT2D eigenvalue weighted by Gasteiger charge is 2.36. The molecule has 0 spiro atoms. The van der Waals surface area contributed by atoms with Gasteiger partial charge in [-0.05, 0) is 13.0 Å². The van der Waals surface area contributed by atoms with E-state index in [1.807, 2.05) is 31.2 Å². The summed E-state index contributed by atoms with van der Waals surface area (Å²) in [5.41, 5.74) is 2.56. The molecule has 96 valence electrons. The summed E-state index contributed by atoms with van der Waals surface area (Å²) in [6, 6.07) is 7.73. The molecule has 0 aliphatic carbocycles. The molecule has 2 aromatic rings. The highest BCUT2D eigenvalue weighted by atomic mass is 32.2. The van der Waals surface area contributed by atoms with Crippen molar-refractivity contribution in [3.05, 3.63) is 30.0 Å². The van der Waals surface area contributed by atoms with Crippen molar-refractivity contribution in [3.63, 3.8) is 0 Å². The molecule has 1 saturated heterocycles. The number of hydrogen-bond donors (Lipinski definition) is 1. The fraction of sp³-hybridized carbons (Fsp3) is 0.333. The average molecular weight is 265 g/mol. The fourth-order valence-electron chi connectivity index (χ4n) is 2.23. The van der Waals surface area contributed by atoms with Gasteiger partial charge in [0.2, 0.25) is 0 Å². The van der Waals surface area contributed by atoms with Crippen molar-refractivity contribution in [2.75, 3.05) is 24.4 Å². The first-order chi connectivity index (χ1) is 8.51. The number of fused-ring (bicyclic) bond motifs is 1. The number of anilines is 1. The number of H-pyrrole nitrogens is 1. The van der Waals surface area contributed by atoms with Crippen molar-refractivity contribution in [1.82, 2.24) is 9.29 Å². The van der Waals surface area contributed by atoms with Crippen LogP contribution in [0.1, 0.15) is 5.69 Å². The molecule has 1 aromatic carbocycles. The summed E-state index contributed by atoms with van der Waals surface area (Å²) in [4.78, 5) is 3.21. The quantitative estimate of drug-likeness (QED) is 0.854. The number of hydrogen-bond acceptors (Lipinski definition) is 2. The third-order valence-electron chi connectivity index (χ3n) is 3.25. The zero-order valence-electron chi connectivity index (χ0n) is 10.3. The van der Waals surface area contributed by atoms with E-state index in [2.05, 4.69) is 4.98 Å². The Labute approximate surface area is 106 Å². The minimum absolute atomic E-state index is 0.619. The molecule has 1 aliphatic rings. The minimum atomic E-state index is -3.36. The summed E-state index contributed by atoms with van der Waals surface area (Å²) in [5, 5.41) is 0.933. The van der Waals surface area contributed by atoms with Crippen LogP contribution >= 0.6 is 0 Å². The smallest absolute Gasteiger partial charge is 0.303 e. The second kappa shape index (κ2) is 3.73. The molecule has 6 heteroatoms. The zero-order valence-corrected chi connectivity index (χ0v) is 11.2. The third-order valence-corrected chi connectivity index (χ3v) is 5.15. The summed E-state index contributed by atoms with van der Waals surface area (Å²) in [7, 11) is -1.75. The van der Waals surface area contributed by atoms with E-state index in [0.717, 1.165) is 22.3 Å². The Bertz CT molecular complexity index is 701. The molecule has 0 unspecified atom stereocenters. The van der Waals surface area contributed by atoms with Gasteiger partial charge in [-0.15, -0.1) is 0 Å². The van der Waals surface area contributed by atoms with Crippen LogP contribution in [0.2, 0.25) is 0 Å². The first kappa shape index (κ1) is 11.6. The van der Waals surface area contributed by atoms with E-state index in [-0.39, 0.29) is 0 Å². The van der Waals surface area contributed by atoms with E-state index in [9.17, 15) is 8.42 Å². The van der Waals surface area contributed by atoms with E-state index in [4.69, 9.17) is 0 Å². The van der Waals surface area contributed by atoms with Crippen LogP contribution in [0.5, 0.6) is 0 Å². The molecule has 0 saturated carbocycles. The van der Waals surface area contributed by atoms with Crippen molar-refractivity contribution < 1.29 is 8.42 Å². The molecule has 0 amide bonds. The van der Waals surface area contributed by atoms with Gasteiger partial charge in [-0.25, -0.2) is 0 Å². The largest absolute Gasteiger partial charge is 0.357 e. The summed E-state index contributed by atoms with van der Waals surface area (Å²) in [6.07, 6.45) is 0. The lowest BCUT2D eigenvalue weighted by Gasteiger charge is -2.19. The number of aryl methyl sites for hydroxylation is 1. The maximum atomic E-state index is 12.2. The van der Waals surface area contributed by atoms with Crippen LogP contribution in [-0.4, -0.2) is 37.8 Å². The normalized spacial score (nSPS) is 16.1. The molecule has 2 heterocycles. The van der Waals surface area contributed by atoms with Crippen molar-refractivity contribution in [2.24, 2.45) is 0 Å². The summed E-state index contributed by atoms with van der Waals surface area (Å²) in [5.74, 6) is 0. The lowest BCUT2D eigenvalue weighted by molar-refractivity contribution is 0.561. The highest BCUT2D eigenvalue weighted by molar-refractivity contribution is 7.90. The SMILES string of the molecule is Cc1[nH]c2ccccc2c1N(C)S(=O)(=O)N1CC1. The van der Waals surface area contributed by atoms with Crippen molar-refractivity contribution in [2.45, 2.75) is 6.92 Å². The Hall–Kier alpha value is -1.53. The molecule has 3 rings (SSSR count). The van der Waals surface area contributed by atoms with Gasteiger partial charge < -0.3 is 4.98 Å². The minimum Gasteiger partial charge on any atom is -0.357 e. The van der Waals surface area contributed by atoms with Crippen LogP contribution in [0.3, 0.4) is 0 Å². The van der Waals surface area contributed by atoms with E-state index >= 15 is 0 Å². The van der Waals surface area contributed by atoms with E-state index in [1.165, 1.54) is 8.61 Å². The number of rotatable bonds is 3. The van der Waals surface area contributed by atoms with Gasteiger partial charge in [0.25, 0.3) is 0 Å². The molecule has 1 fully saturated rings. The van der Waals surface area contributed by atoms with Crippen LogP contribution in [0, 0.1) is 6.92 Å². The maximum Gasteiger partial charge on any atom is 0.303 e. The Morgan fingerprint density at radius 1 is 1.28 bits per heavy atom. The van der Waals surface area contributed by atoms with Gasteiger partial charge in [-0.3, -0.25) is 4.31 Å². The lowest BCUT2D eigenvalue weighted by Crippen LogP contribution is -2.32. The molecule has 1 aliphatic heterocycles. The zero-order chi connectivity index (χ0) is 12.9. The van der Waals surface area contributed by atoms with Crippen molar-refractivity contribution in [1.29, 1.82) is 0 Å². The van der Waals surface area contributed by atoms with Gasteiger partial charge in [-0.2, -0.15) is 12.7 Å². The third kappa shape index (κ3) is 1.60. The lowest BCUT2D eigenvalue weighted by atomic mass is 10.2. The van der Waals surface area contributed by atoms with Crippen molar-refractivity contribution in [3.8, 4) is 0 Å². The number of aromatic amines is 1. The molecule has 18 heavy (non-hydrogen) atoms. The number of para-hydroxylation sites is 1. The summed E-state index contributed by atoms with van der Waals surface area (Å²) >= 11 is 0. The van der Waals surface area contributed by atoms with Crippen LogP contribution in [0.4, 0.5) is 5.69 Å². The number of nitrogens with zero attached hydrogens (tertiary/aromatic N) is 2. The molecular weight excluding hydrogens is 250 g/mol. The second-order valence-corrected chi connectivity index (χ2v) is 6.48. The van der Waals surface area contributed by atoms with Crippen LogP contribution < -0.4 is 4.31 Å². The van der Waals surface area contributed by atoms with Gasteiger partial charge in [-0.1, -0.05) is 18.2 Å². The maximum absolute atomic E-state index is 12.2. The average Bonchev–Trinajstić information content (AvgIpc) is 3.12. The first-order valence-corrected chi connectivity index (χ1v) is 7.23. The predicted molar refractivity (Wildman–Crippen MR) is 71.9 cm³/mol. The Balaban J connectivity index is 2.17. The number of benzene rings is 1. The van der Waals surface area contributed by atoms with Crippen LogP contribution in [-0.2, 0) is 10.2 Å². The second-order valence-electron chi connectivity index (χ2n) is 4.52. The van der Waals surface area contributed by atoms with Gasteiger partial charge in [0.1, 0.15) is 0 Å². The van der Waals surface area contributed by atoms with Gasteiger partial charge >= 0.3 is 10.2 Å². The Morgan fingerprint density at radius 2 is 1.94 bits per heavy atom. The molecule has 0 radical (unpaired) electrons. The molecule has 1 N–H and O–H groups in total. The van der Waals surface area contributed by atoms with Gasteiger partial charge in [0.05, 0.1) is 5.69 Å². The van der Waals surface area contributed by atoms with E-state index in [0.29, 0.717) is 13.1 Å². The first-order valence-electron chi connectivity index (χ1n) is 5.83. The standard InChI is InChI=1S/C12H15N3O2S/c1-9-12(10-5-3-4-6-11(10)13-9)14(2)18(16,17)15-7-8-15/h3-6,13H,7-8H2,1-2H3. The molecule has 1 aromatic heterocycles. The highest BCUT2D eigenvalue weighted by Crippen LogP contribution is 2.33. The van der Waals surface area contributed by atoms with Gasteiger partial charge in [0.15, 0.2) is 0 Å². The van der Waals surface area contributed by atoms with Gasteiger partial charge in [0, 0.05) is 36.7 Å². The topological polar surface area (TPSA) is 56.2 Å². The molecule has 0 bridgehead atoms. The molecule has 0 atom stereocenters. The van der Waals surface area contributed by atoms with E-state index in [1.54, 1.807) is 7.05 Å². The van der Waals surface area contributed by atoms with Crippen LogP contribution in [0.15, 0.2) is 24.3 Å². The number of nitrogens with one attached hydrogen (secondary N) is 1. The Morgan fingerprint density at radius 3 is 2.61 bits per heavy atom. The van der Waals surface area contributed by atoms with Crippen molar-refractivity contribution >= 4 is 26.8 Å². The monoisotopic (exact) mass is 265 g/mol. The van der Waals surface area contributed by atoms with E-state index < -0.39 is 10.2 Å². The Kier molecular flexibility index (Phi) is 2.39. The predicted octanol–water partition coefficient (Wildman–Crippen LogP) is 1.47. The number of aromatic nitrogens is 1. The molecule has 5 nitrogen and oxygen atoms in total. The summed E-state index contributed by atoms with van der Waals surface area (Å²) in [6.45, 7) is 3.13.